The SMILES string of the molecule is Fc1cccc2c1CCC(CCC1CCCN1)=C2. The molecule has 0 bridgehead atoms. The minimum atomic E-state index is -0.0414. The minimum absolute atomic E-state index is 0.0414. The van der Waals surface area contributed by atoms with Crippen molar-refractivity contribution in [3.05, 3.63) is 40.7 Å². The summed E-state index contributed by atoms with van der Waals surface area (Å²) in [5.41, 5.74) is 3.48. The summed E-state index contributed by atoms with van der Waals surface area (Å²) in [6.45, 7) is 1.18. The lowest BCUT2D eigenvalue weighted by Crippen LogP contribution is -2.21. The van der Waals surface area contributed by atoms with Crippen LogP contribution in [0.2, 0.25) is 0 Å². The highest BCUT2D eigenvalue weighted by Crippen LogP contribution is 2.29. The summed E-state index contributed by atoms with van der Waals surface area (Å²) in [4.78, 5) is 0. The molecular formula is C16H20FN. The number of halogens is 1. The molecule has 1 aromatic carbocycles. The third-order valence-electron chi connectivity index (χ3n) is 4.19. The highest BCUT2D eigenvalue weighted by Gasteiger charge is 2.17. The van der Waals surface area contributed by atoms with E-state index in [1.54, 1.807) is 6.07 Å². The summed E-state index contributed by atoms with van der Waals surface area (Å²) in [6, 6.07) is 6.12. The summed E-state index contributed by atoms with van der Waals surface area (Å²) < 4.78 is 13.6. The van der Waals surface area contributed by atoms with Crippen LogP contribution in [0.15, 0.2) is 23.8 Å². The average Bonchev–Trinajstić information content (AvgIpc) is 2.90. The second-order valence-corrected chi connectivity index (χ2v) is 5.44. The molecule has 96 valence electrons. The lowest BCUT2D eigenvalue weighted by Gasteiger charge is -2.18. The van der Waals surface area contributed by atoms with Crippen LogP contribution in [0, 0.1) is 5.82 Å². The molecule has 1 aliphatic carbocycles. The Morgan fingerprint density at radius 1 is 1.28 bits per heavy atom. The van der Waals surface area contributed by atoms with Gasteiger partial charge in [0.2, 0.25) is 0 Å². The van der Waals surface area contributed by atoms with Crippen molar-refractivity contribution in [3.8, 4) is 0 Å². The van der Waals surface area contributed by atoms with E-state index in [9.17, 15) is 4.39 Å². The standard InChI is InChI=1S/C16H20FN/c17-16-5-1-3-13-11-12(7-9-15(13)16)6-8-14-4-2-10-18-14/h1,3,5,11,14,18H,2,4,6-10H2. The van der Waals surface area contributed by atoms with Gasteiger partial charge in [0.1, 0.15) is 5.82 Å². The second kappa shape index (κ2) is 5.23. The molecule has 2 heteroatoms. The van der Waals surface area contributed by atoms with Crippen LogP contribution < -0.4 is 5.32 Å². The van der Waals surface area contributed by atoms with Gasteiger partial charge in [-0.1, -0.05) is 23.8 Å². The van der Waals surface area contributed by atoms with Crippen LogP contribution in [-0.4, -0.2) is 12.6 Å². The van der Waals surface area contributed by atoms with Gasteiger partial charge in [0.05, 0.1) is 0 Å². The zero-order valence-electron chi connectivity index (χ0n) is 10.7. The Labute approximate surface area is 108 Å². The monoisotopic (exact) mass is 245 g/mol. The molecule has 18 heavy (non-hydrogen) atoms. The fourth-order valence-corrected chi connectivity index (χ4v) is 3.11. The van der Waals surface area contributed by atoms with Gasteiger partial charge in [-0.3, -0.25) is 0 Å². The number of hydrogen-bond acceptors (Lipinski definition) is 1. The molecule has 1 atom stereocenters. The molecule has 1 N–H and O–H groups in total. The van der Waals surface area contributed by atoms with E-state index in [2.05, 4.69) is 11.4 Å². The first-order valence-corrected chi connectivity index (χ1v) is 7.03. The average molecular weight is 245 g/mol. The van der Waals surface area contributed by atoms with E-state index in [4.69, 9.17) is 0 Å². The van der Waals surface area contributed by atoms with E-state index >= 15 is 0 Å². The molecule has 1 nitrogen and oxygen atoms in total. The van der Waals surface area contributed by atoms with Crippen molar-refractivity contribution in [2.24, 2.45) is 0 Å². The fraction of sp³-hybridized carbons (Fsp3) is 0.500. The molecule has 1 aliphatic heterocycles. The number of benzene rings is 1. The molecule has 1 saturated heterocycles. The Morgan fingerprint density at radius 2 is 2.22 bits per heavy atom. The minimum Gasteiger partial charge on any atom is -0.314 e. The smallest absolute Gasteiger partial charge is 0.127 e. The largest absolute Gasteiger partial charge is 0.314 e. The molecule has 1 heterocycles. The maximum atomic E-state index is 13.6. The van der Waals surface area contributed by atoms with Crippen molar-refractivity contribution in [3.63, 3.8) is 0 Å². The fourth-order valence-electron chi connectivity index (χ4n) is 3.11. The van der Waals surface area contributed by atoms with Crippen molar-refractivity contribution < 1.29 is 4.39 Å². The van der Waals surface area contributed by atoms with Gasteiger partial charge in [-0.05, 0) is 62.3 Å². The maximum absolute atomic E-state index is 13.6. The Morgan fingerprint density at radius 3 is 3.06 bits per heavy atom. The quantitative estimate of drug-likeness (QED) is 0.856. The molecule has 1 fully saturated rings. The first-order chi connectivity index (χ1) is 8.83. The second-order valence-electron chi connectivity index (χ2n) is 5.44. The summed E-state index contributed by atoms with van der Waals surface area (Å²) in [6.07, 6.45) is 9.13. The van der Waals surface area contributed by atoms with Gasteiger partial charge in [-0.15, -0.1) is 0 Å². The first-order valence-electron chi connectivity index (χ1n) is 7.03. The van der Waals surface area contributed by atoms with Crippen LogP contribution in [0.1, 0.15) is 43.2 Å². The van der Waals surface area contributed by atoms with Gasteiger partial charge >= 0.3 is 0 Å². The van der Waals surface area contributed by atoms with Crippen LogP contribution in [0.25, 0.3) is 6.08 Å². The number of nitrogens with one attached hydrogen (secondary N) is 1. The van der Waals surface area contributed by atoms with Crippen LogP contribution in [-0.2, 0) is 6.42 Å². The number of hydrogen-bond donors (Lipinski definition) is 1. The molecular weight excluding hydrogens is 225 g/mol. The molecule has 2 aliphatic rings. The van der Waals surface area contributed by atoms with Crippen LogP contribution in [0.3, 0.4) is 0 Å². The van der Waals surface area contributed by atoms with Crippen LogP contribution in [0.4, 0.5) is 4.39 Å². The highest BCUT2D eigenvalue weighted by molar-refractivity contribution is 5.59. The molecule has 3 rings (SSSR count). The van der Waals surface area contributed by atoms with E-state index in [0.717, 1.165) is 30.4 Å². The zero-order valence-corrected chi connectivity index (χ0v) is 10.7. The molecule has 0 radical (unpaired) electrons. The van der Waals surface area contributed by atoms with Crippen molar-refractivity contribution in [2.75, 3.05) is 6.54 Å². The summed E-state index contributed by atoms with van der Waals surface area (Å²) >= 11 is 0. The Kier molecular flexibility index (Phi) is 3.46. The normalized spacial score (nSPS) is 22.7. The summed E-state index contributed by atoms with van der Waals surface area (Å²) in [7, 11) is 0. The van der Waals surface area contributed by atoms with Crippen molar-refractivity contribution in [1.29, 1.82) is 0 Å². The van der Waals surface area contributed by atoms with Gasteiger partial charge in [-0.25, -0.2) is 4.39 Å². The van der Waals surface area contributed by atoms with Crippen molar-refractivity contribution in [2.45, 2.75) is 44.6 Å². The van der Waals surface area contributed by atoms with E-state index in [0.29, 0.717) is 6.04 Å². The molecule has 1 aromatic rings. The van der Waals surface area contributed by atoms with Gasteiger partial charge in [0.15, 0.2) is 0 Å². The van der Waals surface area contributed by atoms with E-state index < -0.39 is 0 Å². The number of fused-ring (bicyclic) bond motifs is 1. The molecule has 0 amide bonds. The van der Waals surface area contributed by atoms with Gasteiger partial charge in [0.25, 0.3) is 0 Å². The molecule has 0 spiro atoms. The number of rotatable bonds is 3. The molecule has 1 unspecified atom stereocenters. The van der Waals surface area contributed by atoms with Gasteiger partial charge in [-0.2, -0.15) is 0 Å². The zero-order chi connectivity index (χ0) is 12.4. The third kappa shape index (κ3) is 2.49. The Balaban J connectivity index is 1.67. The van der Waals surface area contributed by atoms with E-state index in [1.807, 2.05) is 12.1 Å². The number of allylic oxidation sites excluding steroid dienone is 1. The van der Waals surface area contributed by atoms with Crippen molar-refractivity contribution in [1.82, 2.24) is 5.32 Å². The highest BCUT2D eigenvalue weighted by atomic mass is 19.1. The first kappa shape index (κ1) is 11.9. The van der Waals surface area contributed by atoms with Crippen LogP contribution in [0.5, 0.6) is 0 Å². The van der Waals surface area contributed by atoms with Crippen LogP contribution >= 0.6 is 0 Å². The van der Waals surface area contributed by atoms with E-state index in [1.165, 1.54) is 31.4 Å². The predicted molar refractivity (Wildman–Crippen MR) is 73.0 cm³/mol. The summed E-state index contributed by atoms with van der Waals surface area (Å²) in [5, 5.41) is 3.54. The van der Waals surface area contributed by atoms with Gasteiger partial charge < -0.3 is 5.32 Å². The molecule has 0 aromatic heterocycles. The predicted octanol–water partition coefficient (Wildman–Crippen LogP) is 3.69. The Hall–Kier alpha value is -1.15. The lowest BCUT2D eigenvalue weighted by molar-refractivity contribution is 0.550. The van der Waals surface area contributed by atoms with E-state index in [-0.39, 0.29) is 5.82 Å². The lowest BCUT2D eigenvalue weighted by atomic mass is 9.89. The van der Waals surface area contributed by atoms with Crippen molar-refractivity contribution >= 4 is 6.08 Å². The maximum Gasteiger partial charge on any atom is 0.127 e. The summed E-state index contributed by atoms with van der Waals surface area (Å²) in [5.74, 6) is -0.0414. The van der Waals surface area contributed by atoms with Gasteiger partial charge in [0, 0.05) is 6.04 Å². The Bertz CT molecular complexity index is 458. The topological polar surface area (TPSA) is 12.0 Å². The third-order valence-corrected chi connectivity index (χ3v) is 4.19. The molecule has 0 saturated carbocycles.